The highest BCUT2D eigenvalue weighted by atomic mass is 16.5. The number of carbonyl (C=O) groups excluding carboxylic acids is 1. The summed E-state index contributed by atoms with van der Waals surface area (Å²) in [4.78, 5) is 14.7. The smallest absolute Gasteiger partial charge is 0.411 e. The number of hydrogen-bond donors (Lipinski definition) is 2. The van der Waals surface area contributed by atoms with Crippen molar-refractivity contribution in [2.75, 3.05) is 11.9 Å². The molecule has 0 saturated carbocycles. The second kappa shape index (κ2) is 6.11. The molecule has 2 aromatic rings. The molecule has 1 amide bonds. The highest BCUT2D eigenvalue weighted by molar-refractivity contribution is 5.91. The van der Waals surface area contributed by atoms with Crippen LogP contribution < -0.4 is 5.32 Å². The Morgan fingerprint density at radius 1 is 1.50 bits per heavy atom. The van der Waals surface area contributed by atoms with Gasteiger partial charge in [0.15, 0.2) is 0 Å². The Morgan fingerprint density at radius 2 is 2.30 bits per heavy atom. The van der Waals surface area contributed by atoms with Gasteiger partial charge in [0.2, 0.25) is 0 Å². The van der Waals surface area contributed by atoms with E-state index in [4.69, 9.17) is 10.00 Å². The Labute approximate surface area is 117 Å². The summed E-state index contributed by atoms with van der Waals surface area (Å²) in [5, 5.41) is 12.4. The number of carbonyl (C=O) groups is 1. The van der Waals surface area contributed by atoms with Crippen LogP contribution in [0.4, 0.5) is 10.5 Å². The van der Waals surface area contributed by atoms with Gasteiger partial charge in [-0.25, -0.2) is 4.79 Å². The zero-order valence-electron chi connectivity index (χ0n) is 11.6. The molecule has 20 heavy (non-hydrogen) atoms. The third kappa shape index (κ3) is 3.29. The summed E-state index contributed by atoms with van der Waals surface area (Å²) in [6.07, 6.45) is 1.69. The zero-order valence-corrected chi connectivity index (χ0v) is 11.6. The number of H-pyrrole nitrogens is 1. The zero-order chi connectivity index (χ0) is 14.5. The number of amides is 1. The summed E-state index contributed by atoms with van der Waals surface area (Å²) < 4.78 is 5.07. The van der Waals surface area contributed by atoms with Gasteiger partial charge in [0.25, 0.3) is 0 Å². The number of rotatable bonds is 4. The standard InChI is InChI=1S/C15H17N3O2/c1-10(2)9-20-15(19)18-12-3-4-14-13(7-12)11(5-6-16)8-17-14/h3-4,7-8,10,17H,5,9H2,1-2H3,(H,18,19). The summed E-state index contributed by atoms with van der Waals surface area (Å²) in [7, 11) is 0. The second-order valence-corrected chi connectivity index (χ2v) is 5.03. The van der Waals surface area contributed by atoms with Crippen LogP contribution in [0.3, 0.4) is 0 Å². The minimum atomic E-state index is -0.463. The van der Waals surface area contributed by atoms with Crippen LogP contribution in [0.25, 0.3) is 10.9 Å². The molecule has 0 aliphatic rings. The number of aromatic amines is 1. The summed E-state index contributed by atoms with van der Waals surface area (Å²) in [6, 6.07) is 7.63. The normalized spacial score (nSPS) is 10.5. The predicted molar refractivity (Wildman–Crippen MR) is 77.4 cm³/mol. The second-order valence-electron chi connectivity index (χ2n) is 5.03. The number of nitriles is 1. The minimum Gasteiger partial charge on any atom is -0.449 e. The van der Waals surface area contributed by atoms with Gasteiger partial charge in [0, 0.05) is 22.8 Å². The molecular formula is C15H17N3O2. The largest absolute Gasteiger partial charge is 0.449 e. The van der Waals surface area contributed by atoms with E-state index in [9.17, 15) is 4.79 Å². The third-order valence-corrected chi connectivity index (χ3v) is 2.83. The molecule has 0 radical (unpaired) electrons. The number of ether oxygens (including phenoxy) is 1. The monoisotopic (exact) mass is 271 g/mol. The van der Waals surface area contributed by atoms with Crippen molar-refractivity contribution in [1.29, 1.82) is 5.26 Å². The fourth-order valence-corrected chi connectivity index (χ4v) is 1.88. The molecule has 0 fully saturated rings. The van der Waals surface area contributed by atoms with E-state index in [1.54, 1.807) is 6.07 Å². The van der Waals surface area contributed by atoms with Crippen molar-refractivity contribution in [3.63, 3.8) is 0 Å². The van der Waals surface area contributed by atoms with Crippen LogP contribution in [0.2, 0.25) is 0 Å². The number of nitrogens with zero attached hydrogens (tertiary/aromatic N) is 1. The fraction of sp³-hybridized carbons (Fsp3) is 0.333. The van der Waals surface area contributed by atoms with Crippen molar-refractivity contribution in [2.24, 2.45) is 5.92 Å². The quantitative estimate of drug-likeness (QED) is 0.894. The van der Waals surface area contributed by atoms with Crippen LogP contribution in [0.15, 0.2) is 24.4 Å². The van der Waals surface area contributed by atoms with E-state index >= 15 is 0 Å². The lowest BCUT2D eigenvalue weighted by Gasteiger charge is -2.09. The Kier molecular flexibility index (Phi) is 4.26. The Hall–Kier alpha value is -2.48. The molecule has 1 heterocycles. The predicted octanol–water partition coefficient (Wildman–Crippen LogP) is 3.44. The molecule has 0 bridgehead atoms. The van der Waals surface area contributed by atoms with Crippen LogP contribution in [0.1, 0.15) is 19.4 Å². The van der Waals surface area contributed by atoms with Crippen molar-refractivity contribution < 1.29 is 9.53 Å². The van der Waals surface area contributed by atoms with Gasteiger partial charge in [-0.2, -0.15) is 5.26 Å². The van der Waals surface area contributed by atoms with Crippen molar-refractivity contribution in [3.05, 3.63) is 30.0 Å². The lowest BCUT2D eigenvalue weighted by Crippen LogP contribution is -2.16. The van der Waals surface area contributed by atoms with Crippen molar-refractivity contribution in [2.45, 2.75) is 20.3 Å². The first kappa shape index (κ1) is 13.9. The molecule has 1 aromatic carbocycles. The maximum atomic E-state index is 11.6. The molecule has 0 saturated heterocycles. The number of fused-ring (bicyclic) bond motifs is 1. The van der Waals surface area contributed by atoms with E-state index in [1.807, 2.05) is 32.2 Å². The van der Waals surface area contributed by atoms with Crippen LogP contribution >= 0.6 is 0 Å². The van der Waals surface area contributed by atoms with E-state index in [0.29, 0.717) is 24.6 Å². The highest BCUT2D eigenvalue weighted by Gasteiger charge is 2.08. The van der Waals surface area contributed by atoms with E-state index in [-0.39, 0.29) is 0 Å². The molecule has 0 atom stereocenters. The first-order valence-corrected chi connectivity index (χ1v) is 6.51. The summed E-state index contributed by atoms with van der Waals surface area (Å²) >= 11 is 0. The van der Waals surface area contributed by atoms with Crippen molar-refractivity contribution in [1.82, 2.24) is 4.98 Å². The number of benzene rings is 1. The molecule has 0 unspecified atom stereocenters. The number of hydrogen-bond acceptors (Lipinski definition) is 3. The lowest BCUT2D eigenvalue weighted by atomic mass is 10.1. The molecular weight excluding hydrogens is 254 g/mol. The fourth-order valence-electron chi connectivity index (χ4n) is 1.88. The third-order valence-electron chi connectivity index (χ3n) is 2.83. The van der Waals surface area contributed by atoms with Crippen LogP contribution in [0, 0.1) is 17.2 Å². The van der Waals surface area contributed by atoms with E-state index in [2.05, 4.69) is 16.4 Å². The molecule has 2 N–H and O–H groups in total. The van der Waals surface area contributed by atoms with Crippen LogP contribution in [-0.2, 0) is 11.2 Å². The maximum Gasteiger partial charge on any atom is 0.411 e. The molecule has 2 rings (SSSR count). The first-order valence-electron chi connectivity index (χ1n) is 6.51. The Bertz CT molecular complexity index is 653. The average Bonchev–Trinajstić information content (AvgIpc) is 2.80. The van der Waals surface area contributed by atoms with E-state index in [1.165, 1.54) is 0 Å². The first-order chi connectivity index (χ1) is 9.60. The molecule has 5 nitrogen and oxygen atoms in total. The van der Waals surface area contributed by atoms with Crippen molar-refractivity contribution in [3.8, 4) is 6.07 Å². The van der Waals surface area contributed by atoms with Gasteiger partial charge in [-0.3, -0.25) is 5.32 Å². The number of nitrogens with one attached hydrogen (secondary N) is 2. The average molecular weight is 271 g/mol. The molecule has 0 aliphatic heterocycles. The summed E-state index contributed by atoms with van der Waals surface area (Å²) in [5.74, 6) is 0.301. The summed E-state index contributed by atoms with van der Waals surface area (Å²) in [5.41, 5.74) is 2.52. The highest BCUT2D eigenvalue weighted by Crippen LogP contribution is 2.22. The van der Waals surface area contributed by atoms with E-state index in [0.717, 1.165) is 16.5 Å². The van der Waals surface area contributed by atoms with Crippen molar-refractivity contribution >= 4 is 22.7 Å². The Balaban J connectivity index is 2.13. The molecule has 0 spiro atoms. The topological polar surface area (TPSA) is 77.9 Å². The lowest BCUT2D eigenvalue weighted by molar-refractivity contribution is 0.147. The minimum absolute atomic E-state index is 0.301. The van der Waals surface area contributed by atoms with E-state index < -0.39 is 6.09 Å². The molecule has 0 aliphatic carbocycles. The Morgan fingerprint density at radius 3 is 3.00 bits per heavy atom. The van der Waals surface area contributed by atoms with Crippen LogP contribution in [0.5, 0.6) is 0 Å². The van der Waals surface area contributed by atoms with Gasteiger partial charge in [-0.15, -0.1) is 0 Å². The number of aromatic nitrogens is 1. The van der Waals surface area contributed by atoms with Gasteiger partial charge in [-0.1, -0.05) is 13.8 Å². The van der Waals surface area contributed by atoms with Gasteiger partial charge in [-0.05, 0) is 29.7 Å². The van der Waals surface area contributed by atoms with Gasteiger partial charge >= 0.3 is 6.09 Å². The van der Waals surface area contributed by atoms with Gasteiger partial charge in [0.1, 0.15) is 0 Å². The SMILES string of the molecule is CC(C)COC(=O)Nc1ccc2[nH]cc(CC#N)c2c1. The van der Waals surface area contributed by atoms with Gasteiger partial charge < -0.3 is 9.72 Å². The van der Waals surface area contributed by atoms with Crippen LogP contribution in [-0.4, -0.2) is 17.7 Å². The molecule has 5 heteroatoms. The maximum absolute atomic E-state index is 11.6. The molecule has 1 aromatic heterocycles. The molecule has 104 valence electrons. The summed E-state index contributed by atoms with van der Waals surface area (Å²) in [6.45, 7) is 4.35. The number of anilines is 1. The van der Waals surface area contributed by atoms with Gasteiger partial charge in [0.05, 0.1) is 19.1 Å².